The lowest BCUT2D eigenvalue weighted by atomic mass is 10.0. The molecular formula is C22H27N5OS. The topological polar surface area (TPSA) is 64.3 Å². The number of carbonyl (C=O) groups is 1. The highest BCUT2D eigenvalue weighted by Gasteiger charge is 2.26. The predicted octanol–water partition coefficient (Wildman–Crippen LogP) is 3.25. The first kappa shape index (κ1) is 19.8. The minimum absolute atomic E-state index is 0.123. The zero-order valence-corrected chi connectivity index (χ0v) is 17.5. The lowest BCUT2D eigenvalue weighted by Crippen LogP contribution is -2.47. The Hall–Kier alpha value is -2.48. The van der Waals surface area contributed by atoms with Crippen molar-refractivity contribution in [2.75, 3.05) is 39.8 Å². The number of hydrogen-bond donors (Lipinski definition) is 2. The van der Waals surface area contributed by atoms with E-state index in [1.807, 2.05) is 23.6 Å². The SMILES string of the molecule is CN1CCN(CCCNC(=O)c2cc(-c3cccs3)[nH]n2)C(c2ccccc2)C1. The molecule has 3 heterocycles. The number of H-pyrrole nitrogens is 1. The molecule has 4 rings (SSSR count). The summed E-state index contributed by atoms with van der Waals surface area (Å²) in [5.74, 6) is -0.123. The van der Waals surface area contributed by atoms with Crippen LogP contribution in [-0.4, -0.2) is 65.7 Å². The second kappa shape index (κ2) is 9.35. The molecule has 29 heavy (non-hydrogen) atoms. The number of carbonyl (C=O) groups excluding carboxylic acids is 1. The van der Waals surface area contributed by atoms with Crippen molar-refractivity contribution in [3.05, 3.63) is 65.2 Å². The Labute approximate surface area is 175 Å². The van der Waals surface area contributed by atoms with Crippen LogP contribution in [-0.2, 0) is 0 Å². The van der Waals surface area contributed by atoms with Gasteiger partial charge in [0.1, 0.15) is 0 Å². The minimum Gasteiger partial charge on any atom is -0.351 e. The van der Waals surface area contributed by atoms with E-state index in [0.717, 1.165) is 43.2 Å². The Morgan fingerprint density at radius 3 is 2.90 bits per heavy atom. The molecular weight excluding hydrogens is 382 g/mol. The van der Waals surface area contributed by atoms with Crippen LogP contribution in [0.5, 0.6) is 0 Å². The molecule has 0 radical (unpaired) electrons. The number of likely N-dealkylation sites (N-methyl/N-ethyl adjacent to an activating group) is 1. The standard InChI is InChI=1S/C22H27N5OS/c1-26-12-13-27(20(16-26)17-7-3-2-4-8-17)11-6-10-23-22(28)19-15-18(24-25-19)21-9-5-14-29-21/h2-5,7-9,14-15,20H,6,10-13,16H2,1H3,(H,23,28)(H,24,25). The van der Waals surface area contributed by atoms with Crippen LogP contribution in [0.25, 0.3) is 10.6 Å². The van der Waals surface area contributed by atoms with E-state index in [0.29, 0.717) is 18.3 Å². The molecule has 0 spiro atoms. The van der Waals surface area contributed by atoms with Crippen LogP contribution in [0.1, 0.15) is 28.5 Å². The van der Waals surface area contributed by atoms with Gasteiger partial charge in [0.25, 0.3) is 5.91 Å². The fourth-order valence-corrected chi connectivity index (χ4v) is 4.48. The van der Waals surface area contributed by atoms with Crippen LogP contribution in [0.15, 0.2) is 53.9 Å². The van der Waals surface area contributed by atoms with Gasteiger partial charge in [-0.15, -0.1) is 11.3 Å². The monoisotopic (exact) mass is 409 g/mol. The molecule has 1 unspecified atom stereocenters. The summed E-state index contributed by atoms with van der Waals surface area (Å²) in [5, 5.41) is 12.1. The molecule has 152 valence electrons. The minimum atomic E-state index is -0.123. The second-order valence-corrected chi connectivity index (χ2v) is 8.43. The van der Waals surface area contributed by atoms with Crippen LogP contribution in [0, 0.1) is 0 Å². The molecule has 0 aliphatic carbocycles. The summed E-state index contributed by atoms with van der Waals surface area (Å²) in [5.41, 5.74) is 2.68. The molecule has 1 amide bonds. The number of aromatic nitrogens is 2. The molecule has 2 N–H and O–H groups in total. The van der Waals surface area contributed by atoms with E-state index >= 15 is 0 Å². The number of rotatable bonds is 7. The Balaban J connectivity index is 1.27. The zero-order chi connectivity index (χ0) is 20.1. The van der Waals surface area contributed by atoms with Crippen LogP contribution < -0.4 is 5.32 Å². The fraction of sp³-hybridized carbons (Fsp3) is 0.364. The molecule has 1 aliphatic rings. The molecule has 3 aromatic rings. The Morgan fingerprint density at radius 2 is 2.10 bits per heavy atom. The third kappa shape index (κ3) is 4.93. The quantitative estimate of drug-likeness (QED) is 0.588. The third-order valence-corrected chi connectivity index (χ3v) is 6.29. The highest BCUT2D eigenvalue weighted by Crippen LogP contribution is 2.25. The summed E-state index contributed by atoms with van der Waals surface area (Å²) in [6.07, 6.45) is 0.918. The number of hydrogen-bond acceptors (Lipinski definition) is 5. The van der Waals surface area contributed by atoms with Crippen molar-refractivity contribution >= 4 is 17.2 Å². The maximum absolute atomic E-state index is 12.4. The van der Waals surface area contributed by atoms with Gasteiger partial charge in [0, 0.05) is 38.8 Å². The second-order valence-electron chi connectivity index (χ2n) is 7.48. The van der Waals surface area contributed by atoms with Gasteiger partial charge in [-0.3, -0.25) is 14.8 Å². The van der Waals surface area contributed by atoms with Crippen LogP contribution >= 0.6 is 11.3 Å². The average Bonchev–Trinajstić information content (AvgIpc) is 3.44. The fourth-order valence-electron chi connectivity index (χ4n) is 3.79. The molecule has 1 saturated heterocycles. The summed E-state index contributed by atoms with van der Waals surface area (Å²) < 4.78 is 0. The molecule has 2 aromatic heterocycles. The molecule has 1 fully saturated rings. The lowest BCUT2D eigenvalue weighted by Gasteiger charge is -2.40. The van der Waals surface area contributed by atoms with Crippen molar-refractivity contribution < 1.29 is 4.79 Å². The number of aromatic amines is 1. The Morgan fingerprint density at radius 1 is 1.24 bits per heavy atom. The van der Waals surface area contributed by atoms with Gasteiger partial charge < -0.3 is 10.2 Å². The van der Waals surface area contributed by atoms with E-state index in [1.165, 1.54) is 5.56 Å². The smallest absolute Gasteiger partial charge is 0.271 e. The molecule has 1 aliphatic heterocycles. The third-order valence-electron chi connectivity index (χ3n) is 5.38. The molecule has 0 saturated carbocycles. The first-order valence-corrected chi connectivity index (χ1v) is 10.9. The maximum atomic E-state index is 12.4. The summed E-state index contributed by atoms with van der Waals surface area (Å²) in [7, 11) is 2.18. The molecule has 1 atom stereocenters. The van der Waals surface area contributed by atoms with E-state index in [9.17, 15) is 4.79 Å². The van der Waals surface area contributed by atoms with Crippen LogP contribution in [0.4, 0.5) is 0 Å². The van der Waals surface area contributed by atoms with Gasteiger partial charge in [0.15, 0.2) is 5.69 Å². The van der Waals surface area contributed by atoms with Crippen molar-refractivity contribution in [2.24, 2.45) is 0 Å². The van der Waals surface area contributed by atoms with Crippen molar-refractivity contribution in [1.29, 1.82) is 0 Å². The normalized spacial score (nSPS) is 18.0. The Kier molecular flexibility index (Phi) is 6.39. The van der Waals surface area contributed by atoms with Gasteiger partial charge >= 0.3 is 0 Å². The number of amides is 1. The number of piperazine rings is 1. The maximum Gasteiger partial charge on any atom is 0.271 e. The lowest BCUT2D eigenvalue weighted by molar-refractivity contribution is 0.0864. The summed E-state index contributed by atoms with van der Waals surface area (Å²) >= 11 is 1.62. The van der Waals surface area contributed by atoms with E-state index in [1.54, 1.807) is 11.3 Å². The van der Waals surface area contributed by atoms with Crippen molar-refractivity contribution in [2.45, 2.75) is 12.5 Å². The number of nitrogens with zero attached hydrogens (tertiary/aromatic N) is 3. The van der Waals surface area contributed by atoms with Crippen molar-refractivity contribution in [3.63, 3.8) is 0 Å². The highest BCUT2D eigenvalue weighted by molar-refractivity contribution is 7.13. The number of thiophene rings is 1. The van der Waals surface area contributed by atoms with Gasteiger partial charge in [0.2, 0.25) is 0 Å². The number of nitrogens with one attached hydrogen (secondary N) is 2. The van der Waals surface area contributed by atoms with Gasteiger partial charge in [0.05, 0.1) is 10.6 Å². The first-order chi connectivity index (χ1) is 14.2. The summed E-state index contributed by atoms with van der Waals surface area (Å²) in [6.45, 7) is 4.78. The average molecular weight is 410 g/mol. The van der Waals surface area contributed by atoms with E-state index in [4.69, 9.17) is 0 Å². The molecule has 7 heteroatoms. The van der Waals surface area contributed by atoms with Gasteiger partial charge in [-0.05, 0) is 36.5 Å². The molecule has 6 nitrogen and oxygen atoms in total. The number of benzene rings is 1. The predicted molar refractivity (Wildman–Crippen MR) is 117 cm³/mol. The van der Waals surface area contributed by atoms with Gasteiger partial charge in [-0.25, -0.2) is 0 Å². The largest absolute Gasteiger partial charge is 0.351 e. The van der Waals surface area contributed by atoms with Crippen LogP contribution in [0.2, 0.25) is 0 Å². The van der Waals surface area contributed by atoms with Crippen molar-refractivity contribution in [3.8, 4) is 10.6 Å². The van der Waals surface area contributed by atoms with Crippen LogP contribution in [0.3, 0.4) is 0 Å². The van der Waals surface area contributed by atoms with E-state index in [2.05, 4.69) is 62.7 Å². The molecule has 0 bridgehead atoms. The zero-order valence-electron chi connectivity index (χ0n) is 16.7. The van der Waals surface area contributed by atoms with Gasteiger partial charge in [-0.2, -0.15) is 5.10 Å². The summed E-state index contributed by atoms with van der Waals surface area (Å²) in [6, 6.07) is 16.9. The highest BCUT2D eigenvalue weighted by atomic mass is 32.1. The van der Waals surface area contributed by atoms with E-state index < -0.39 is 0 Å². The van der Waals surface area contributed by atoms with Gasteiger partial charge in [-0.1, -0.05) is 36.4 Å². The van der Waals surface area contributed by atoms with E-state index in [-0.39, 0.29) is 5.91 Å². The van der Waals surface area contributed by atoms with Crippen molar-refractivity contribution in [1.82, 2.24) is 25.3 Å². The Bertz CT molecular complexity index is 908. The first-order valence-electron chi connectivity index (χ1n) is 10.1. The summed E-state index contributed by atoms with van der Waals surface area (Å²) in [4.78, 5) is 18.4. The molecule has 1 aromatic carbocycles.